The van der Waals surface area contributed by atoms with E-state index in [4.69, 9.17) is 4.98 Å². The van der Waals surface area contributed by atoms with Gasteiger partial charge in [0.15, 0.2) is 5.78 Å². The summed E-state index contributed by atoms with van der Waals surface area (Å²) in [5, 5.41) is 0. The SMILES string of the molecule is CC(C)c1nc2c(c(C3CCCC3)c1C(=O)c1ccc(C(F)(F)F)cc1)C(C=O)CC(C)(C)C2. The van der Waals surface area contributed by atoms with Crippen LogP contribution in [-0.4, -0.2) is 17.1 Å². The summed E-state index contributed by atoms with van der Waals surface area (Å²) < 4.78 is 39.3. The molecule has 1 heterocycles. The van der Waals surface area contributed by atoms with Gasteiger partial charge in [-0.25, -0.2) is 0 Å². The number of aldehydes is 1. The molecule has 2 aliphatic carbocycles. The van der Waals surface area contributed by atoms with E-state index in [1.165, 1.54) is 12.1 Å². The number of halogens is 3. The minimum absolute atomic E-state index is 0.0430. The molecule has 6 heteroatoms. The number of carbonyl (C=O) groups is 2. The first-order chi connectivity index (χ1) is 15.9. The van der Waals surface area contributed by atoms with Crippen molar-refractivity contribution in [1.29, 1.82) is 0 Å². The van der Waals surface area contributed by atoms with Crippen LogP contribution in [0.4, 0.5) is 13.2 Å². The molecule has 2 aliphatic rings. The highest BCUT2D eigenvalue weighted by molar-refractivity contribution is 6.11. The molecule has 1 aromatic carbocycles. The van der Waals surface area contributed by atoms with Gasteiger partial charge in [-0.2, -0.15) is 13.2 Å². The molecule has 1 fully saturated rings. The average Bonchev–Trinajstić information content (AvgIpc) is 3.30. The highest BCUT2D eigenvalue weighted by Gasteiger charge is 2.40. The Labute approximate surface area is 199 Å². The van der Waals surface area contributed by atoms with E-state index in [1.807, 2.05) is 13.8 Å². The zero-order valence-electron chi connectivity index (χ0n) is 20.3. The quantitative estimate of drug-likeness (QED) is 0.338. The van der Waals surface area contributed by atoms with Crippen molar-refractivity contribution in [1.82, 2.24) is 4.98 Å². The van der Waals surface area contributed by atoms with Crippen LogP contribution in [0.3, 0.4) is 0 Å². The van der Waals surface area contributed by atoms with E-state index in [1.54, 1.807) is 0 Å². The first-order valence-electron chi connectivity index (χ1n) is 12.2. The topological polar surface area (TPSA) is 47.0 Å². The first kappa shape index (κ1) is 24.6. The highest BCUT2D eigenvalue weighted by Crippen LogP contribution is 2.49. The van der Waals surface area contributed by atoms with Crippen LogP contribution in [0, 0.1) is 5.41 Å². The highest BCUT2D eigenvalue weighted by atomic mass is 19.4. The summed E-state index contributed by atoms with van der Waals surface area (Å²) in [6.45, 7) is 8.25. The zero-order valence-corrected chi connectivity index (χ0v) is 20.3. The predicted molar refractivity (Wildman–Crippen MR) is 125 cm³/mol. The molecule has 0 aliphatic heterocycles. The van der Waals surface area contributed by atoms with Crippen molar-refractivity contribution >= 4 is 12.1 Å². The van der Waals surface area contributed by atoms with Crippen molar-refractivity contribution in [3.63, 3.8) is 0 Å². The van der Waals surface area contributed by atoms with Gasteiger partial charge in [-0.3, -0.25) is 9.78 Å². The van der Waals surface area contributed by atoms with Gasteiger partial charge in [0.2, 0.25) is 0 Å². The van der Waals surface area contributed by atoms with Crippen molar-refractivity contribution in [2.75, 3.05) is 0 Å². The number of hydrogen-bond acceptors (Lipinski definition) is 3. The molecule has 182 valence electrons. The van der Waals surface area contributed by atoms with Crippen LogP contribution in [-0.2, 0) is 17.4 Å². The van der Waals surface area contributed by atoms with Gasteiger partial charge in [0.25, 0.3) is 0 Å². The molecular formula is C28H32F3NO2. The first-order valence-corrected chi connectivity index (χ1v) is 12.2. The number of nitrogens with zero attached hydrogens (tertiary/aromatic N) is 1. The molecule has 0 amide bonds. The van der Waals surface area contributed by atoms with E-state index in [0.29, 0.717) is 17.7 Å². The normalized spacial score (nSPS) is 20.4. The molecule has 0 saturated heterocycles. The number of ketones is 1. The number of alkyl halides is 3. The number of fused-ring (bicyclic) bond motifs is 1. The van der Waals surface area contributed by atoms with Gasteiger partial charge in [0.1, 0.15) is 6.29 Å². The van der Waals surface area contributed by atoms with E-state index >= 15 is 0 Å². The summed E-state index contributed by atoms with van der Waals surface area (Å²) in [5.41, 5.74) is 3.30. The van der Waals surface area contributed by atoms with Crippen LogP contribution in [0.2, 0.25) is 0 Å². The lowest BCUT2D eigenvalue weighted by Gasteiger charge is -2.38. The smallest absolute Gasteiger partial charge is 0.303 e. The molecule has 0 radical (unpaired) electrons. The minimum atomic E-state index is -4.46. The van der Waals surface area contributed by atoms with E-state index in [2.05, 4.69) is 13.8 Å². The molecule has 2 aromatic rings. The van der Waals surface area contributed by atoms with Crippen LogP contribution < -0.4 is 0 Å². The minimum Gasteiger partial charge on any atom is -0.303 e. The Balaban J connectivity index is 1.96. The molecule has 1 atom stereocenters. The Hall–Kier alpha value is -2.50. The third-order valence-corrected chi connectivity index (χ3v) is 7.35. The van der Waals surface area contributed by atoms with Crippen molar-refractivity contribution in [3.05, 3.63) is 63.5 Å². The molecule has 1 saturated carbocycles. The molecule has 4 rings (SSSR count). The maximum absolute atomic E-state index is 13.9. The fraction of sp³-hybridized carbons (Fsp3) is 0.536. The Morgan fingerprint density at radius 2 is 1.71 bits per heavy atom. The van der Waals surface area contributed by atoms with Gasteiger partial charge in [-0.1, -0.05) is 52.7 Å². The number of carbonyl (C=O) groups excluding carboxylic acids is 2. The van der Waals surface area contributed by atoms with Crippen LogP contribution >= 0.6 is 0 Å². The van der Waals surface area contributed by atoms with Crippen LogP contribution in [0.25, 0.3) is 0 Å². The zero-order chi connectivity index (χ0) is 24.8. The fourth-order valence-corrected chi connectivity index (χ4v) is 5.83. The number of rotatable bonds is 5. The molecule has 0 N–H and O–H groups in total. The van der Waals surface area contributed by atoms with Gasteiger partial charge in [-0.05, 0) is 66.2 Å². The third-order valence-electron chi connectivity index (χ3n) is 7.35. The molecule has 1 unspecified atom stereocenters. The van der Waals surface area contributed by atoms with E-state index in [-0.39, 0.29) is 34.5 Å². The Morgan fingerprint density at radius 1 is 1.09 bits per heavy atom. The van der Waals surface area contributed by atoms with Crippen LogP contribution in [0.1, 0.15) is 122 Å². The molecule has 0 bridgehead atoms. The van der Waals surface area contributed by atoms with Crippen molar-refractivity contribution in [2.24, 2.45) is 5.41 Å². The van der Waals surface area contributed by atoms with Crippen molar-refractivity contribution in [2.45, 2.75) is 90.1 Å². The molecule has 3 nitrogen and oxygen atoms in total. The average molecular weight is 472 g/mol. The second kappa shape index (κ2) is 8.94. The molecule has 1 aromatic heterocycles. The number of pyridine rings is 1. The second-order valence-electron chi connectivity index (χ2n) is 11.0. The Morgan fingerprint density at radius 3 is 2.24 bits per heavy atom. The maximum atomic E-state index is 13.9. The molecular weight excluding hydrogens is 439 g/mol. The lowest BCUT2D eigenvalue weighted by atomic mass is 9.67. The summed E-state index contributed by atoms with van der Waals surface area (Å²) in [4.78, 5) is 31.2. The summed E-state index contributed by atoms with van der Waals surface area (Å²) in [6.07, 6.45) is 1.96. The van der Waals surface area contributed by atoms with Gasteiger partial charge in [0.05, 0.1) is 11.3 Å². The van der Waals surface area contributed by atoms with Crippen LogP contribution in [0.5, 0.6) is 0 Å². The van der Waals surface area contributed by atoms with Crippen molar-refractivity contribution < 1.29 is 22.8 Å². The standard InChI is InChI=1S/C28H32F3NO2/c1-16(2)25-24(26(34)18-9-11-20(12-10-18)28(29,30)31)23(17-7-5-6-8-17)22-19(15-33)13-27(3,4)14-21(22)32-25/h9-12,15-17,19H,5-8,13-14H2,1-4H3. The summed E-state index contributed by atoms with van der Waals surface area (Å²) in [5.74, 6) is -0.517. The molecule has 34 heavy (non-hydrogen) atoms. The van der Waals surface area contributed by atoms with Gasteiger partial charge in [0, 0.05) is 22.7 Å². The summed E-state index contributed by atoms with van der Waals surface area (Å²) in [7, 11) is 0. The van der Waals surface area contributed by atoms with Crippen molar-refractivity contribution in [3.8, 4) is 0 Å². The van der Waals surface area contributed by atoms with Gasteiger partial charge in [-0.15, -0.1) is 0 Å². The third kappa shape index (κ3) is 4.56. The van der Waals surface area contributed by atoms with Gasteiger partial charge < -0.3 is 4.79 Å². The second-order valence-corrected chi connectivity index (χ2v) is 11.0. The maximum Gasteiger partial charge on any atom is 0.416 e. The summed E-state index contributed by atoms with van der Waals surface area (Å²) >= 11 is 0. The monoisotopic (exact) mass is 471 g/mol. The van der Waals surface area contributed by atoms with Gasteiger partial charge >= 0.3 is 6.18 Å². The fourth-order valence-electron chi connectivity index (χ4n) is 5.83. The van der Waals surface area contributed by atoms with E-state index in [9.17, 15) is 22.8 Å². The largest absolute Gasteiger partial charge is 0.416 e. The van der Waals surface area contributed by atoms with Crippen LogP contribution in [0.15, 0.2) is 24.3 Å². The predicted octanol–water partition coefficient (Wildman–Crippen LogP) is 7.37. The Kier molecular flexibility index (Phi) is 6.47. The summed E-state index contributed by atoms with van der Waals surface area (Å²) in [6, 6.07) is 4.43. The number of hydrogen-bond donors (Lipinski definition) is 0. The lowest BCUT2D eigenvalue weighted by molar-refractivity contribution is -0.137. The number of aromatic nitrogens is 1. The lowest BCUT2D eigenvalue weighted by Crippen LogP contribution is -2.31. The Bertz CT molecular complexity index is 1090. The number of benzene rings is 1. The van der Waals surface area contributed by atoms with E-state index < -0.39 is 11.7 Å². The van der Waals surface area contributed by atoms with E-state index in [0.717, 1.165) is 67.3 Å². The molecule has 0 spiro atoms.